The number of hydrogen-bond donors (Lipinski definition) is 2. The van der Waals surface area contributed by atoms with Crippen LogP contribution in [0.4, 0.5) is 0 Å². The van der Waals surface area contributed by atoms with Crippen LogP contribution in [0.1, 0.15) is 28.8 Å². The highest BCUT2D eigenvalue weighted by Gasteiger charge is 2.27. The first-order valence-corrected chi connectivity index (χ1v) is 10.8. The van der Waals surface area contributed by atoms with E-state index in [4.69, 9.17) is 0 Å². The molecule has 3 aromatic rings. The number of fused-ring (bicyclic) bond motifs is 1. The zero-order valence-electron chi connectivity index (χ0n) is 15.9. The molecule has 4 rings (SSSR count). The van der Waals surface area contributed by atoms with Crippen molar-refractivity contribution in [3.05, 3.63) is 76.1 Å². The maximum absolute atomic E-state index is 12.7. The Hall–Kier alpha value is -2.97. The van der Waals surface area contributed by atoms with Gasteiger partial charge in [-0.3, -0.25) is 9.59 Å². The van der Waals surface area contributed by atoms with Crippen molar-refractivity contribution < 1.29 is 13.2 Å². The quantitative estimate of drug-likeness (QED) is 0.647. The Morgan fingerprint density at radius 1 is 1.10 bits per heavy atom. The molecule has 0 radical (unpaired) electrons. The number of amides is 1. The van der Waals surface area contributed by atoms with E-state index in [0.717, 1.165) is 18.4 Å². The van der Waals surface area contributed by atoms with Crippen LogP contribution in [0.15, 0.2) is 64.3 Å². The molecule has 0 bridgehead atoms. The van der Waals surface area contributed by atoms with Crippen molar-refractivity contribution in [3.63, 3.8) is 0 Å². The van der Waals surface area contributed by atoms with Gasteiger partial charge < -0.3 is 9.88 Å². The van der Waals surface area contributed by atoms with Gasteiger partial charge in [0.1, 0.15) is 0 Å². The summed E-state index contributed by atoms with van der Waals surface area (Å²) in [6.45, 7) is 0.221. The number of benzene rings is 2. The summed E-state index contributed by atoms with van der Waals surface area (Å²) in [5, 5.41) is 3.50. The van der Waals surface area contributed by atoms with Crippen LogP contribution < -0.4 is 15.6 Å². The molecule has 29 heavy (non-hydrogen) atoms. The van der Waals surface area contributed by atoms with E-state index in [-0.39, 0.29) is 28.9 Å². The normalized spacial score (nSPS) is 14.1. The van der Waals surface area contributed by atoms with E-state index >= 15 is 0 Å². The molecular formula is C21H21N3O4S. The molecule has 1 amide bonds. The predicted molar refractivity (Wildman–Crippen MR) is 110 cm³/mol. The van der Waals surface area contributed by atoms with E-state index in [9.17, 15) is 18.0 Å². The first-order chi connectivity index (χ1) is 13.8. The van der Waals surface area contributed by atoms with Crippen LogP contribution in [0.3, 0.4) is 0 Å². The van der Waals surface area contributed by atoms with Gasteiger partial charge in [0.2, 0.25) is 10.0 Å². The lowest BCUT2D eigenvalue weighted by Crippen LogP contribution is -2.27. The number of pyridine rings is 1. The van der Waals surface area contributed by atoms with E-state index < -0.39 is 10.0 Å². The van der Waals surface area contributed by atoms with Crippen molar-refractivity contribution >= 4 is 26.8 Å². The summed E-state index contributed by atoms with van der Waals surface area (Å²) in [4.78, 5) is 25.1. The molecule has 2 N–H and O–H groups in total. The van der Waals surface area contributed by atoms with Gasteiger partial charge in [0.05, 0.1) is 16.0 Å². The third kappa shape index (κ3) is 4.08. The van der Waals surface area contributed by atoms with E-state index in [2.05, 4.69) is 10.0 Å². The number of rotatable bonds is 6. The molecule has 0 spiro atoms. The molecule has 1 heterocycles. The molecule has 1 aromatic heterocycles. The number of carbonyl (C=O) groups is 1. The van der Waals surface area contributed by atoms with Crippen LogP contribution in [0.2, 0.25) is 0 Å². The van der Waals surface area contributed by atoms with Gasteiger partial charge in [0, 0.05) is 31.1 Å². The van der Waals surface area contributed by atoms with E-state index in [1.54, 1.807) is 31.3 Å². The first-order valence-electron chi connectivity index (χ1n) is 9.33. The Bertz CT molecular complexity index is 1240. The van der Waals surface area contributed by atoms with Crippen LogP contribution in [0, 0.1) is 0 Å². The van der Waals surface area contributed by atoms with Gasteiger partial charge in [-0.1, -0.05) is 30.3 Å². The van der Waals surface area contributed by atoms with Crippen LogP contribution in [0.5, 0.6) is 0 Å². The van der Waals surface area contributed by atoms with Crippen molar-refractivity contribution in [1.82, 2.24) is 14.6 Å². The van der Waals surface area contributed by atoms with Crippen molar-refractivity contribution in [2.75, 3.05) is 0 Å². The third-order valence-corrected chi connectivity index (χ3v) is 6.52. The zero-order valence-corrected chi connectivity index (χ0v) is 16.7. The molecule has 150 valence electrons. The Morgan fingerprint density at radius 3 is 2.48 bits per heavy atom. The van der Waals surface area contributed by atoms with Crippen LogP contribution in [0.25, 0.3) is 10.9 Å². The van der Waals surface area contributed by atoms with E-state index in [1.807, 2.05) is 12.1 Å². The number of carbonyl (C=O) groups excluding carboxylic acids is 1. The zero-order chi connectivity index (χ0) is 20.6. The molecule has 1 fully saturated rings. The average Bonchev–Trinajstić information content (AvgIpc) is 3.52. The second kappa shape index (κ2) is 7.46. The van der Waals surface area contributed by atoms with E-state index in [1.165, 1.54) is 22.8 Å². The summed E-state index contributed by atoms with van der Waals surface area (Å²) in [6.07, 6.45) is 1.75. The Morgan fingerprint density at radius 2 is 1.79 bits per heavy atom. The SMILES string of the molecule is Cn1c(=O)cc(C(=O)NCc2ccc(S(=O)(=O)NC3CC3)cc2)c2ccccc21. The highest BCUT2D eigenvalue weighted by molar-refractivity contribution is 7.89. The molecule has 1 aliphatic carbocycles. The van der Waals surface area contributed by atoms with Crippen molar-refractivity contribution in [3.8, 4) is 0 Å². The summed E-state index contributed by atoms with van der Waals surface area (Å²) in [5.74, 6) is -0.356. The largest absolute Gasteiger partial charge is 0.348 e. The lowest BCUT2D eigenvalue weighted by Gasteiger charge is -2.11. The van der Waals surface area contributed by atoms with Crippen molar-refractivity contribution in [1.29, 1.82) is 0 Å². The standard InChI is InChI=1S/C21H21N3O4S/c1-24-19-5-3-2-4-17(19)18(12-20(24)25)21(26)22-13-14-6-10-16(11-7-14)29(27,28)23-15-8-9-15/h2-7,10-12,15,23H,8-9,13H2,1H3,(H,22,26). The second-order valence-corrected chi connectivity index (χ2v) is 8.91. The van der Waals surface area contributed by atoms with Gasteiger partial charge in [0.25, 0.3) is 11.5 Å². The van der Waals surface area contributed by atoms with Crippen LogP contribution in [-0.4, -0.2) is 24.9 Å². The molecule has 8 heteroatoms. The topological polar surface area (TPSA) is 97.3 Å². The highest BCUT2D eigenvalue weighted by Crippen LogP contribution is 2.22. The summed E-state index contributed by atoms with van der Waals surface area (Å²) >= 11 is 0. The van der Waals surface area contributed by atoms with Crippen molar-refractivity contribution in [2.45, 2.75) is 30.3 Å². The number of para-hydroxylation sites is 1. The van der Waals surface area contributed by atoms with Crippen LogP contribution >= 0.6 is 0 Å². The number of aromatic nitrogens is 1. The minimum Gasteiger partial charge on any atom is -0.348 e. The minimum absolute atomic E-state index is 0.0485. The van der Waals surface area contributed by atoms with Gasteiger partial charge in [-0.05, 0) is 36.6 Å². The van der Waals surface area contributed by atoms with Crippen LogP contribution in [-0.2, 0) is 23.6 Å². The number of hydrogen-bond acceptors (Lipinski definition) is 4. The molecule has 0 saturated heterocycles. The monoisotopic (exact) mass is 411 g/mol. The fourth-order valence-electron chi connectivity index (χ4n) is 3.15. The number of nitrogens with zero attached hydrogens (tertiary/aromatic N) is 1. The van der Waals surface area contributed by atoms with Gasteiger partial charge in [-0.15, -0.1) is 0 Å². The van der Waals surface area contributed by atoms with Gasteiger partial charge in [-0.25, -0.2) is 13.1 Å². The third-order valence-electron chi connectivity index (χ3n) is 4.98. The molecule has 0 aliphatic heterocycles. The smallest absolute Gasteiger partial charge is 0.252 e. The molecule has 7 nitrogen and oxygen atoms in total. The summed E-state index contributed by atoms with van der Waals surface area (Å²) in [5.41, 5.74) is 1.50. The maximum Gasteiger partial charge on any atom is 0.252 e. The lowest BCUT2D eigenvalue weighted by atomic mass is 10.1. The summed E-state index contributed by atoms with van der Waals surface area (Å²) in [6, 6.07) is 15.0. The molecule has 0 unspecified atom stereocenters. The highest BCUT2D eigenvalue weighted by atomic mass is 32.2. The fraction of sp³-hybridized carbons (Fsp3) is 0.238. The average molecular weight is 411 g/mol. The fourth-order valence-corrected chi connectivity index (χ4v) is 4.46. The Balaban J connectivity index is 1.50. The van der Waals surface area contributed by atoms with Gasteiger partial charge in [-0.2, -0.15) is 0 Å². The predicted octanol–water partition coefficient (Wildman–Crippen LogP) is 1.91. The second-order valence-electron chi connectivity index (χ2n) is 7.19. The first kappa shape index (κ1) is 19.4. The summed E-state index contributed by atoms with van der Waals surface area (Å²) in [7, 11) is -1.83. The number of aryl methyl sites for hydroxylation is 1. The maximum atomic E-state index is 12.7. The number of nitrogens with one attached hydrogen (secondary N) is 2. The van der Waals surface area contributed by atoms with E-state index in [0.29, 0.717) is 16.5 Å². The molecule has 1 saturated carbocycles. The number of sulfonamides is 1. The Kier molecular flexibility index (Phi) is 4.97. The van der Waals surface area contributed by atoms with Crippen molar-refractivity contribution in [2.24, 2.45) is 7.05 Å². The lowest BCUT2D eigenvalue weighted by molar-refractivity contribution is 0.0952. The molecular weight excluding hydrogens is 390 g/mol. The Labute approximate surface area is 168 Å². The molecule has 2 aromatic carbocycles. The van der Waals surface area contributed by atoms with Gasteiger partial charge in [0.15, 0.2) is 0 Å². The molecule has 1 aliphatic rings. The minimum atomic E-state index is -3.50. The van der Waals surface area contributed by atoms with Gasteiger partial charge >= 0.3 is 0 Å². The molecule has 0 atom stereocenters. The summed E-state index contributed by atoms with van der Waals surface area (Å²) < 4.78 is 28.6.